The molecule has 1 N–H and O–H groups in total. The van der Waals surface area contributed by atoms with E-state index in [0.29, 0.717) is 39.0 Å². The molecule has 0 radical (unpaired) electrons. The van der Waals surface area contributed by atoms with E-state index in [0.717, 1.165) is 31.7 Å². The van der Waals surface area contributed by atoms with Crippen LogP contribution < -0.4 is 4.74 Å². The van der Waals surface area contributed by atoms with Crippen molar-refractivity contribution in [3.8, 4) is 5.75 Å². The maximum absolute atomic E-state index is 10.8. The van der Waals surface area contributed by atoms with Crippen LogP contribution >= 0.6 is 0 Å². The van der Waals surface area contributed by atoms with Gasteiger partial charge in [-0.3, -0.25) is 0 Å². The molecule has 1 saturated carbocycles. The van der Waals surface area contributed by atoms with Gasteiger partial charge in [0.25, 0.3) is 0 Å². The summed E-state index contributed by atoms with van der Waals surface area (Å²) in [7, 11) is 0. The van der Waals surface area contributed by atoms with E-state index >= 15 is 0 Å². The van der Waals surface area contributed by atoms with Gasteiger partial charge in [0, 0.05) is 37.3 Å². The first-order valence-electron chi connectivity index (χ1n) is 11.6. The number of hydrogen-bond donors (Lipinski definition) is 1. The lowest BCUT2D eigenvalue weighted by atomic mass is 10.0. The number of fused-ring (bicyclic) bond motifs is 1. The Labute approximate surface area is 178 Å². The van der Waals surface area contributed by atoms with Gasteiger partial charge in [-0.15, -0.1) is 0 Å². The fourth-order valence-corrected chi connectivity index (χ4v) is 5.32. The molecule has 1 aromatic heterocycles. The molecule has 0 unspecified atom stereocenters. The van der Waals surface area contributed by atoms with E-state index in [1.54, 1.807) is 0 Å². The number of β-amino-alcohol motifs (C(OH)–C–C–N with tert-alkyl or cyclic N) is 1. The van der Waals surface area contributed by atoms with Gasteiger partial charge in [-0.2, -0.15) is 0 Å². The molecule has 0 bridgehead atoms. The second-order valence-corrected chi connectivity index (χ2v) is 9.27. The van der Waals surface area contributed by atoms with Crippen molar-refractivity contribution >= 4 is 10.9 Å². The summed E-state index contributed by atoms with van der Waals surface area (Å²) in [5, 5.41) is 12.0. The third-order valence-corrected chi connectivity index (χ3v) is 6.90. The van der Waals surface area contributed by atoms with Crippen LogP contribution in [-0.4, -0.2) is 72.3 Å². The predicted molar refractivity (Wildman–Crippen MR) is 116 cm³/mol. The molecule has 0 amide bonds. The molecule has 30 heavy (non-hydrogen) atoms. The van der Waals surface area contributed by atoms with Crippen molar-refractivity contribution in [2.75, 3.05) is 46.1 Å². The number of benzene rings is 1. The lowest BCUT2D eigenvalue weighted by molar-refractivity contribution is -0.0795. The van der Waals surface area contributed by atoms with Crippen molar-refractivity contribution in [2.24, 2.45) is 0 Å². The zero-order valence-electron chi connectivity index (χ0n) is 17.8. The number of ether oxygens (including phenoxy) is 3. The Balaban J connectivity index is 1.20. The summed E-state index contributed by atoms with van der Waals surface area (Å²) in [5.41, 5.74) is 0.395. The van der Waals surface area contributed by atoms with E-state index in [9.17, 15) is 5.11 Å². The van der Waals surface area contributed by atoms with Gasteiger partial charge in [-0.05, 0) is 43.9 Å². The highest BCUT2D eigenvalue weighted by atomic mass is 16.6. The Morgan fingerprint density at radius 3 is 2.47 bits per heavy atom. The summed E-state index contributed by atoms with van der Waals surface area (Å²) in [4.78, 5) is 2.31. The lowest BCUT2D eigenvalue weighted by Crippen LogP contribution is -2.51. The Morgan fingerprint density at radius 2 is 1.73 bits per heavy atom. The normalized spacial score (nSPS) is 24.3. The van der Waals surface area contributed by atoms with E-state index in [2.05, 4.69) is 39.9 Å². The zero-order valence-corrected chi connectivity index (χ0v) is 17.8. The zero-order chi connectivity index (χ0) is 20.4. The first-order chi connectivity index (χ1) is 14.7. The second-order valence-electron chi connectivity index (χ2n) is 9.27. The van der Waals surface area contributed by atoms with E-state index in [-0.39, 0.29) is 6.10 Å². The van der Waals surface area contributed by atoms with Crippen molar-refractivity contribution in [2.45, 2.75) is 56.3 Å². The number of nitrogens with zero attached hydrogens (tertiary/aromatic N) is 2. The van der Waals surface area contributed by atoms with E-state index in [1.807, 2.05) is 0 Å². The van der Waals surface area contributed by atoms with Crippen LogP contribution in [0, 0.1) is 0 Å². The van der Waals surface area contributed by atoms with Crippen LogP contribution in [0.25, 0.3) is 10.9 Å². The van der Waals surface area contributed by atoms with Crippen LogP contribution in [0.5, 0.6) is 5.75 Å². The largest absolute Gasteiger partial charge is 0.490 e. The van der Waals surface area contributed by atoms with Crippen LogP contribution in [0.1, 0.15) is 44.6 Å². The van der Waals surface area contributed by atoms with Crippen LogP contribution in [0.2, 0.25) is 0 Å². The Kier molecular flexibility index (Phi) is 6.01. The van der Waals surface area contributed by atoms with Crippen molar-refractivity contribution in [3.05, 3.63) is 30.5 Å². The van der Waals surface area contributed by atoms with Crippen molar-refractivity contribution in [3.63, 3.8) is 0 Å². The standard InChI is InChI=1S/C24H34N2O4/c27-24(17-28-14-15-29-18-24)16-25-11-8-20(9-12-25)30-23-7-3-6-22-21(23)10-13-26(22)19-4-1-2-5-19/h3,6-7,10,13,19-20,27H,1-2,4-5,8-9,11-12,14-18H2. The maximum Gasteiger partial charge on any atom is 0.129 e. The summed E-state index contributed by atoms with van der Waals surface area (Å²) >= 11 is 0. The third kappa shape index (κ3) is 4.37. The molecule has 164 valence electrons. The van der Waals surface area contributed by atoms with E-state index in [4.69, 9.17) is 14.2 Å². The molecule has 2 saturated heterocycles. The van der Waals surface area contributed by atoms with Gasteiger partial charge in [0.15, 0.2) is 0 Å². The summed E-state index contributed by atoms with van der Waals surface area (Å²) in [5.74, 6) is 1.01. The molecule has 5 rings (SSSR count). The molecular formula is C24H34N2O4. The average Bonchev–Trinajstić information content (AvgIpc) is 3.38. The summed E-state index contributed by atoms with van der Waals surface area (Å²) in [6, 6.07) is 9.32. The number of rotatable bonds is 5. The average molecular weight is 415 g/mol. The van der Waals surface area contributed by atoms with Gasteiger partial charge in [-0.25, -0.2) is 0 Å². The summed E-state index contributed by atoms with van der Waals surface area (Å²) < 4.78 is 19.9. The van der Waals surface area contributed by atoms with E-state index in [1.165, 1.54) is 36.6 Å². The molecule has 1 aliphatic carbocycles. The monoisotopic (exact) mass is 414 g/mol. The number of aliphatic hydroxyl groups is 1. The fraction of sp³-hybridized carbons (Fsp3) is 0.667. The van der Waals surface area contributed by atoms with Crippen LogP contribution in [0.15, 0.2) is 30.5 Å². The Bertz CT molecular complexity index is 829. The lowest BCUT2D eigenvalue weighted by Gasteiger charge is -2.37. The first-order valence-corrected chi connectivity index (χ1v) is 11.6. The van der Waals surface area contributed by atoms with Gasteiger partial charge >= 0.3 is 0 Å². The summed E-state index contributed by atoms with van der Waals surface area (Å²) in [6.07, 6.45) is 9.66. The second kappa shape index (κ2) is 8.87. The third-order valence-electron chi connectivity index (χ3n) is 6.90. The fourth-order valence-electron chi connectivity index (χ4n) is 5.32. The van der Waals surface area contributed by atoms with E-state index < -0.39 is 5.60 Å². The predicted octanol–water partition coefficient (Wildman–Crippen LogP) is 3.38. The number of hydrogen-bond acceptors (Lipinski definition) is 5. The minimum atomic E-state index is -0.904. The van der Waals surface area contributed by atoms with Crippen molar-refractivity contribution in [1.82, 2.24) is 9.47 Å². The molecule has 3 fully saturated rings. The van der Waals surface area contributed by atoms with Crippen molar-refractivity contribution < 1.29 is 19.3 Å². The smallest absolute Gasteiger partial charge is 0.129 e. The molecule has 0 spiro atoms. The molecule has 2 aliphatic heterocycles. The minimum absolute atomic E-state index is 0.220. The molecular weight excluding hydrogens is 380 g/mol. The van der Waals surface area contributed by atoms with Gasteiger partial charge in [0.1, 0.15) is 17.5 Å². The molecule has 3 heterocycles. The van der Waals surface area contributed by atoms with Gasteiger partial charge in [0.05, 0.1) is 31.9 Å². The Hall–Kier alpha value is -1.60. The molecule has 6 heteroatoms. The quantitative estimate of drug-likeness (QED) is 0.813. The number of aromatic nitrogens is 1. The van der Waals surface area contributed by atoms with Crippen molar-refractivity contribution in [1.29, 1.82) is 0 Å². The van der Waals surface area contributed by atoms with Gasteiger partial charge in [0.2, 0.25) is 0 Å². The molecule has 3 aliphatic rings. The maximum atomic E-state index is 10.8. The summed E-state index contributed by atoms with van der Waals surface area (Å²) in [6.45, 7) is 4.27. The van der Waals surface area contributed by atoms with Gasteiger partial charge < -0.3 is 28.8 Å². The number of likely N-dealkylation sites (tertiary alicyclic amines) is 1. The molecule has 6 nitrogen and oxygen atoms in total. The van der Waals surface area contributed by atoms with Crippen LogP contribution in [0.3, 0.4) is 0 Å². The number of piperidine rings is 1. The molecule has 1 aromatic carbocycles. The Morgan fingerprint density at radius 1 is 1.00 bits per heavy atom. The van der Waals surface area contributed by atoms with Crippen LogP contribution in [-0.2, 0) is 9.47 Å². The van der Waals surface area contributed by atoms with Gasteiger partial charge in [-0.1, -0.05) is 18.9 Å². The topological polar surface area (TPSA) is 56.1 Å². The first kappa shape index (κ1) is 20.3. The molecule has 0 atom stereocenters. The highest BCUT2D eigenvalue weighted by molar-refractivity contribution is 5.86. The highest BCUT2D eigenvalue weighted by Crippen LogP contribution is 2.36. The van der Waals surface area contributed by atoms with Crippen LogP contribution in [0.4, 0.5) is 0 Å². The minimum Gasteiger partial charge on any atom is -0.490 e. The SMILES string of the molecule is OC1(CN2CCC(Oc3cccc4c3ccn4C3CCCC3)CC2)COCCOC1. The molecule has 2 aromatic rings. The highest BCUT2D eigenvalue weighted by Gasteiger charge is 2.34.